The summed E-state index contributed by atoms with van der Waals surface area (Å²) in [6.07, 6.45) is 2.64. The molecule has 0 bridgehead atoms. The molecule has 4 heterocycles. The SMILES string of the molecule is COc1nc(-n2cnc3c2CCNC3)ccc1NC(=O)c1c(-c2ccccc2)noc1C.Cl. The number of methoxy groups -OCH3 is 1. The molecule has 9 nitrogen and oxygen atoms in total. The topological polar surface area (TPSA) is 107 Å². The monoisotopic (exact) mass is 466 g/mol. The Hall–Kier alpha value is -3.69. The van der Waals surface area contributed by atoms with Crippen molar-refractivity contribution >= 4 is 24.0 Å². The Kier molecular flexibility index (Phi) is 6.43. The second-order valence-electron chi connectivity index (χ2n) is 7.44. The molecule has 1 aliphatic heterocycles. The van der Waals surface area contributed by atoms with Crippen LogP contribution in [0.15, 0.2) is 53.3 Å². The normalized spacial score (nSPS) is 12.5. The largest absolute Gasteiger partial charge is 0.479 e. The number of amides is 1. The number of carbonyl (C=O) groups is 1. The first-order chi connectivity index (χ1) is 15.7. The van der Waals surface area contributed by atoms with Crippen molar-refractivity contribution < 1.29 is 14.1 Å². The van der Waals surface area contributed by atoms with E-state index in [4.69, 9.17) is 9.26 Å². The summed E-state index contributed by atoms with van der Waals surface area (Å²) in [6, 6.07) is 13.0. The molecule has 10 heteroatoms. The van der Waals surface area contributed by atoms with Gasteiger partial charge >= 0.3 is 0 Å². The molecule has 0 atom stereocenters. The molecule has 0 unspecified atom stereocenters. The number of nitrogens with one attached hydrogen (secondary N) is 2. The summed E-state index contributed by atoms with van der Waals surface area (Å²) in [6.45, 7) is 3.35. The zero-order valence-corrected chi connectivity index (χ0v) is 19.0. The van der Waals surface area contributed by atoms with E-state index in [0.29, 0.717) is 34.4 Å². The maximum Gasteiger partial charge on any atom is 0.261 e. The number of anilines is 1. The van der Waals surface area contributed by atoms with Crippen molar-refractivity contribution in [1.82, 2.24) is 25.0 Å². The zero-order chi connectivity index (χ0) is 22.1. The number of benzene rings is 1. The molecule has 2 N–H and O–H groups in total. The van der Waals surface area contributed by atoms with Gasteiger partial charge in [0.1, 0.15) is 34.9 Å². The average Bonchev–Trinajstić information content (AvgIpc) is 3.43. The third-order valence-electron chi connectivity index (χ3n) is 5.45. The van der Waals surface area contributed by atoms with Gasteiger partial charge in [0.2, 0.25) is 5.88 Å². The summed E-state index contributed by atoms with van der Waals surface area (Å²) < 4.78 is 12.8. The van der Waals surface area contributed by atoms with Gasteiger partial charge in [-0.25, -0.2) is 4.98 Å². The standard InChI is InChI=1S/C23H22N6O3.ClH/c1-14-20(21(28-32-14)15-6-4-3-5-7-15)22(30)26-16-8-9-19(27-23(16)31-2)29-13-25-17-12-24-11-10-18(17)29;/h3-9,13,24H,10-12H2,1-2H3,(H,26,30);1H. The molecule has 170 valence electrons. The predicted molar refractivity (Wildman–Crippen MR) is 125 cm³/mol. The fraction of sp³-hybridized carbons (Fsp3) is 0.217. The van der Waals surface area contributed by atoms with E-state index in [0.717, 1.165) is 36.5 Å². The highest BCUT2D eigenvalue weighted by atomic mass is 35.5. The molecule has 1 aromatic carbocycles. The van der Waals surface area contributed by atoms with Gasteiger partial charge in [-0.3, -0.25) is 9.36 Å². The Morgan fingerprint density at radius 3 is 2.82 bits per heavy atom. The maximum absolute atomic E-state index is 13.1. The van der Waals surface area contributed by atoms with Gasteiger partial charge in [-0.05, 0) is 19.1 Å². The van der Waals surface area contributed by atoms with Gasteiger partial charge in [0.05, 0.1) is 12.8 Å². The number of carbonyl (C=O) groups excluding carboxylic acids is 1. The number of imidazole rings is 1. The van der Waals surface area contributed by atoms with Crippen LogP contribution in [0.4, 0.5) is 5.69 Å². The molecule has 1 amide bonds. The van der Waals surface area contributed by atoms with Crippen LogP contribution in [0.3, 0.4) is 0 Å². The highest BCUT2D eigenvalue weighted by molar-refractivity contribution is 6.09. The first-order valence-corrected chi connectivity index (χ1v) is 10.3. The Bertz CT molecular complexity index is 1280. The summed E-state index contributed by atoms with van der Waals surface area (Å²) in [4.78, 5) is 22.2. The van der Waals surface area contributed by atoms with Crippen LogP contribution in [0, 0.1) is 6.92 Å². The Morgan fingerprint density at radius 2 is 2.03 bits per heavy atom. The van der Waals surface area contributed by atoms with Crippen molar-refractivity contribution in [3.05, 3.63) is 71.5 Å². The second kappa shape index (κ2) is 9.43. The molecule has 0 spiro atoms. The van der Waals surface area contributed by atoms with Crippen LogP contribution in [0.2, 0.25) is 0 Å². The van der Waals surface area contributed by atoms with Gasteiger partial charge in [-0.2, -0.15) is 4.98 Å². The lowest BCUT2D eigenvalue weighted by atomic mass is 10.1. The van der Waals surface area contributed by atoms with Crippen LogP contribution in [0.1, 0.15) is 27.5 Å². The molecule has 0 fully saturated rings. The summed E-state index contributed by atoms with van der Waals surface area (Å²) in [5.41, 5.74) is 4.26. The minimum absolute atomic E-state index is 0. The minimum Gasteiger partial charge on any atom is -0.479 e. The van der Waals surface area contributed by atoms with Crippen LogP contribution in [0.5, 0.6) is 5.88 Å². The van der Waals surface area contributed by atoms with Gasteiger partial charge in [0.15, 0.2) is 0 Å². The van der Waals surface area contributed by atoms with E-state index in [2.05, 4.69) is 25.8 Å². The molecule has 33 heavy (non-hydrogen) atoms. The van der Waals surface area contributed by atoms with Gasteiger partial charge in [-0.15, -0.1) is 12.4 Å². The Balaban J connectivity index is 0.00000259. The van der Waals surface area contributed by atoms with Crippen molar-refractivity contribution in [3.63, 3.8) is 0 Å². The summed E-state index contributed by atoms with van der Waals surface area (Å²) in [5.74, 6) is 1.08. The van der Waals surface area contributed by atoms with Gasteiger partial charge < -0.3 is 19.9 Å². The van der Waals surface area contributed by atoms with Gasteiger partial charge in [-0.1, -0.05) is 35.5 Å². The van der Waals surface area contributed by atoms with Crippen molar-refractivity contribution in [3.8, 4) is 23.0 Å². The molecule has 0 radical (unpaired) electrons. The number of halogens is 1. The number of nitrogens with zero attached hydrogens (tertiary/aromatic N) is 4. The lowest BCUT2D eigenvalue weighted by Gasteiger charge is -2.16. The number of hydrogen-bond acceptors (Lipinski definition) is 7. The van der Waals surface area contributed by atoms with Crippen LogP contribution >= 0.6 is 12.4 Å². The predicted octanol–water partition coefficient (Wildman–Crippen LogP) is 3.56. The van der Waals surface area contributed by atoms with E-state index in [-0.39, 0.29) is 18.3 Å². The first kappa shape index (κ1) is 22.5. The second-order valence-corrected chi connectivity index (χ2v) is 7.44. The molecule has 0 aliphatic carbocycles. The van der Waals surface area contributed by atoms with E-state index in [1.807, 2.05) is 41.0 Å². The maximum atomic E-state index is 13.1. The average molecular weight is 467 g/mol. The molecule has 1 aliphatic rings. The van der Waals surface area contributed by atoms with Gasteiger partial charge in [0.25, 0.3) is 5.91 Å². The fourth-order valence-corrected chi connectivity index (χ4v) is 3.87. The number of rotatable bonds is 5. The molecular weight excluding hydrogens is 444 g/mol. The van der Waals surface area contributed by atoms with E-state index >= 15 is 0 Å². The minimum atomic E-state index is -0.346. The van der Waals surface area contributed by atoms with Crippen LogP contribution in [-0.2, 0) is 13.0 Å². The lowest BCUT2D eigenvalue weighted by molar-refractivity contribution is 0.102. The van der Waals surface area contributed by atoms with Crippen molar-refractivity contribution in [2.24, 2.45) is 0 Å². The van der Waals surface area contributed by atoms with E-state index in [9.17, 15) is 4.79 Å². The summed E-state index contributed by atoms with van der Waals surface area (Å²) >= 11 is 0. The Morgan fingerprint density at radius 1 is 1.21 bits per heavy atom. The van der Waals surface area contributed by atoms with Crippen LogP contribution in [-0.4, -0.2) is 39.3 Å². The first-order valence-electron chi connectivity index (χ1n) is 10.3. The number of aryl methyl sites for hydroxylation is 1. The molecule has 3 aromatic heterocycles. The third kappa shape index (κ3) is 4.20. The van der Waals surface area contributed by atoms with E-state index < -0.39 is 0 Å². The van der Waals surface area contributed by atoms with E-state index in [1.54, 1.807) is 19.3 Å². The van der Waals surface area contributed by atoms with Crippen molar-refractivity contribution in [2.75, 3.05) is 19.0 Å². The number of ether oxygens (including phenoxy) is 1. The smallest absolute Gasteiger partial charge is 0.261 e. The number of hydrogen-bond donors (Lipinski definition) is 2. The zero-order valence-electron chi connectivity index (χ0n) is 18.2. The van der Waals surface area contributed by atoms with Crippen molar-refractivity contribution in [2.45, 2.75) is 19.9 Å². The number of pyridine rings is 1. The lowest BCUT2D eigenvalue weighted by Crippen LogP contribution is -2.24. The highest BCUT2D eigenvalue weighted by Crippen LogP contribution is 2.29. The van der Waals surface area contributed by atoms with Gasteiger partial charge in [0, 0.05) is 30.8 Å². The number of fused-ring (bicyclic) bond motifs is 1. The molecule has 4 aromatic rings. The summed E-state index contributed by atoms with van der Waals surface area (Å²) in [5, 5.41) is 10.3. The number of aromatic nitrogens is 4. The Labute approximate surface area is 196 Å². The summed E-state index contributed by atoms with van der Waals surface area (Å²) in [7, 11) is 1.52. The molecular formula is C23H23ClN6O3. The third-order valence-corrected chi connectivity index (χ3v) is 5.45. The molecule has 0 saturated carbocycles. The quantitative estimate of drug-likeness (QED) is 0.463. The van der Waals surface area contributed by atoms with E-state index in [1.165, 1.54) is 7.11 Å². The molecule has 0 saturated heterocycles. The van der Waals surface area contributed by atoms with Crippen LogP contribution < -0.4 is 15.4 Å². The fourth-order valence-electron chi connectivity index (χ4n) is 3.87. The highest BCUT2D eigenvalue weighted by Gasteiger charge is 2.23. The van der Waals surface area contributed by atoms with Crippen molar-refractivity contribution in [1.29, 1.82) is 0 Å². The molecule has 5 rings (SSSR count). The van der Waals surface area contributed by atoms with Crippen LogP contribution in [0.25, 0.3) is 17.1 Å².